The van der Waals surface area contributed by atoms with E-state index in [1.165, 1.54) is 19.3 Å². The number of anilines is 1. The van der Waals surface area contributed by atoms with Gasteiger partial charge in [0.2, 0.25) is 11.9 Å². The van der Waals surface area contributed by atoms with Gasteiger partial charge in [-0.25, -0.2) is 9.97 Å². The highest BCUT2D eigenvalue weighted by atomic mass is 16.2. The minimum atomic E-state index is 0.177. The van der Waals surface area contributed by atoms with Gasteiger partial charge in [0.15, 0.2) is 0 Å². The first-order valence-corrected chi connectivity index (χ1v) is 10.2. The van der Waals surface area contributed by atoms with Gasteiger partial charge in [0.25, 0.3) is 0 Å². The van der Waals surface area contributed by atoms with Gasteiger partial charge < -0.3 is 10.2 Å². The zero-order chi connectivity index (χ0) is 18.1. The minimum absolute atomic E-state index is 0.177. The number of carbonyl (C=O) groups excluding carboxylic acids is 1. The van der Waals surface area contributed by atoms with Crippen LogP contribution < -0.4 is 5.32 Å². The molecular weight excluding hydrogens is 326 g/mol. The molecule has 4 heterocycles. The van der Waals surface area contributed by atoms with Crippen molar-refractivity contribution < 1.29 is 4.79 Å². The Hall–Kier alpha value is -1.69. The predicted octanol–water partition coefficient (Wildman–Crippen LogP) is 2.52. The van der Waals surface area contributed by atoms with Crippen molar-refractivity contribution in [2.24, 2.45) is 11.8 Å². The number of aromatic nitrogens is 2. The first kappa shape index (κ1) is 17.7. The third-order valence-corrected chi connectivity index (χ3v) is 6.08. The Morgan fingerprint density at radius 1 is 1.15 bits per heavy atom. The van der Waals surface area contributed by atoms with Crippen molar-refractivity contribution in [3.63, 3.8) is 0 Å². The summed E-state index contributed by atoms with van der Waals surface area (Å²) in [6.07, 6.45) is 9.99. The second-order valence-corrected chi connectivity index (χ2v) is 8.62. The van der Waals surface area contributed by atoms with Gasteiger partial charge in [0.1, 0.15) is 0 Å². The summed E-state index contributed by atoms with van der Waals surface area (Å²) in [6, 6.07) is 0.722. The van der Waals surface area contributed by atoms with E-state index in [-0.39, 0.29) is 5.92 Å². The van der Waals surface area contributed by atoms with E-state index in [1.54, 1.807) is 0 Å². The molecule has 3 aliphatic heterocycles. The number of fused-ring (bicyclic) bond motifs is 4. The summed E-state index contributed by atoms with van der Waals surface area (Å²) in [5.41, 5.74) is 1.12. The number of hydrogen-bond donors (Lipinski definition) is 1. The number of rotatable bonds is 6. The van der Waals surface area contributed by atoms with Crippen LogP contribution in [0.3, 0.4) is 0 Å². The molecule has 1 saturated carbocycles. The fourth-order valence-electron chi connectivity index (χ4n) is 4.48. The van der Waals surface area contributed by atoms with Crippen LogP contribution in [0.15, 0.2) is 12.4 Å². The molecule has 1 N–H and O–H groups in total. The first-order valence-electron chi connectivity index (χ1n) is 10.2. The molecule has 1 aromatic heterocycles. The van der Waals surface area contributed by atoms with Crippen molar-refractivity contribution in [3.8, 4) is 0 Å². The highest BCUT2D eigenvalue weighted by Crippen LogP contribution is 2.34. The van der Waals surface area contributed by atoms with Crippen LogP contribution in [0.2, 0.25) is 0 Å². The molecule has 3 saturated heterocycles. The van der Waals surface area contributed by atoms with Gasteiger partial charge in [-0.2, -0.15) is 0 Å². The number of hydrogen-bond acceptors (Lipinski definition) is 5. The average molecular weight is 358 g/mol. The van der Waals surface area contributed by atoms with Gasteiger partial charge in [-0.3, -0.25) is 9.69 Å². The molecule has 0 aromatic carbocycles. The maximum atomic E-state index is 12.9. The highest BCUT2D eigenvalue weighted by molar-refractivity contribution is 5.80. The van der Waals surface area contributed by atoms with Crippen LogP contribution in [0.25, 0.3) is 0 Å². The molecule has 26 heavy (non-hydrogen) atoms. The van der Waals surface area contributed by atoms with Crippen molar-refractivity contribution in [3.05, 3.63) is 18.0 Å². The first-order chi connectivity index (χ1) is 12.6. The molecule has 0 unspecified atom stereocenters. The van der Waals surface area contributed by atoms with Gasteiger partial charge in [0.05, 0.1) is 5.92 Å². The fraction of sp³-hybridized carbons (Fsp3) is 0.750. The molecule has 1 amide bonds. The molecule has 142 valence electrons. The van der Waals surface area contributed by atoms with E-state index in [0.29, 0.717) is 23.9 Å². The Bertz CT molecular complexity index is 628. The van der Waals surface area contributed by atoms with E-state index < -0.39 is 0 Å². The lowest BCUT2D eigenvalue weighted by Gasteiger charge is -2.40. The number of amides is 1. The van der Waals surface area contributed by atoms with Crippen molar-refractivity contribution in [2.45, 2.75) is 64.6 Å². The van der Waals surface area contributed by atoms with E-state index in [2.05, 4.69) is 38.9 Å². The van der Waals surface area contributed by atoms with Crippen LogP contribution in [0, 0.1) is 11.8 Å². The summed E-state index contributed by atoms with van der Waals surface area (Å²) in [6.45, 7) is 7.85. The van der Waals surface area contributed by atoms with Crippen LogP contribution in [-0.4, -0.2) is 57.4 Å². The maximum absolute atomic E-state index is 12.9. The van der Waals surface area contributed by atoms with Crippen molar-refractivity contribution in [1.82, 2.24) is 19.8 Å². The molecule has 0 radical (unpaired) electrons. The zero-order valence-corrected chi connectivity index (χ0v) is 16.0. The summed E-state index contributed by atoms with van der Waals surface area (Å²) in [5.74, 6) is 2.02. The SMILES string of the molecule is CC(C)Nc1ncc(CN2C[C@H]3CC[C@@H](C2)N(CC2CCC2)C3=O)cn1. The van der Waals surface area contributed by atoms with Crippen LogP contribution >= 0.6 is 0 Å². The Balaban J connectivity index is 1.40. The second-order valence-electron chi connectivity index (χ2n) is 8.62. The number of nitrogens with one attached hydrogen (secondary N) is 1. The molecule has 4 fully saturated rings. The van der Waals surface area contributed by atoms with Crippen molar-refractivity contribution in [1.29, 1.82) is 0 Å². The lowest BCUT2D eigenvalue weighted by molar-refractivity contribution is -0.141. The Labute approximate surface area is 156 Å². The normalized spacial score (nSPS) is 26.9. The predicted molar refractivity (Wildman–Crippen MR) is 102 cm³/mol. The molecule has 1 aromatic rings. The standard InChI is InChI=1S/C20H31N5O/c1-14(2)23-20-21-8-16(9-22-20)10-24-12-17-6-7-18(13-24)25(19(17)26)11-15-4-3-5-15/h8-9,14-15,17-18H,3-7,10-13H2,1-2H3,(H,21,22,23)/t17-,18+/m1/s1. The summed E-state index contributed by atoms with van der Waals surface area (Å²) < 4.78 is 0. The summed E-state index contributed by atoms with van der Waals surface area (Å²) >= 11 is 0. The molecule has 6 nitrogen and oxygen atoms in total. The number of carbonyl (C=O) groups is 1. The molecule has 0 spiro atoms. The van der Waals surface area contributed by atoms with E-state index in [1.807, 2.05) is 12.4 Å². The number of piperidine rings is 1. The third kappa shape index (κ3) is 3.85. The van der Waals surface area contributed by atoms with Gasteiger partial charge in [-0.15, -0.1) is 0 Å². The van der Waals surface area contributed by atoms with E-state index >= 15 is 0 Å². The molecule has 4 aliphatic rings. The van der Waals surface area contributed by atoms with Gasteiger partial charge in [0, 0.05) is 56.2 Å². The Kier molecular flexibility index (Phi) is 5.11. The lowest BCUT2D eigenvalue weighted by Crippen LogP contribution is -2.50. The quantitative estimate of drug-likeness (QED) is 0.848. The average Bonchev–Trinajstić information content (AvgIpc) is 2.83. The fourth-order valence-corrected chi connectivity index (χ4v) is 4.48. The van der Waals surface area contributed by atoms with E-state index in [0.717, 1.165) is 50.5 Å². The van der Waals surface area contributed by atoms with Gasteiger partial charge in [-0.05, 0) is 45.4 Å². The molecule has 5 rings (SSSR count). The van der Waals surface area contributed by atoms with Crippen molar-refractivity contribution in [2.75, 3.05) is 25.0 Å². The topological polar surface area (TPSA) is 61.4 Å². The van der Waals surface area contributed by atoms with Crippen LogP contribution in [-0.2, 0) is 11.3 Å². The van der Waals surface area contributed by atoms with E-state index in [9.17, 15) is 4.79 Å². The molecule has 1 aliphatic carbocycles. The highest BCUT2D eigenvalue weighted by Gasteiger charge is 2.41. The molecule has 6 heteroatoms. The van der Waals surface area contributed by atoms with Crippen LogP contribution in [0.5, 0.6) is 0 Å². The van der Waals surface area contributed by atoms with Crippen molar-refractivity contribution >= 4 is 11.9 Å². The maximum Gasteiger partial charge on any atom is 0.227 e. The number of nitrogens with zero attached hydrogens (tertiary/aromatic N) is 4. The zero-order valence-electron chi connectivity index (χ0n) is 16.0. The largest absolute Gasteiger partial charge is 0.352 e. The lowest BCUT2D eigenvalue weighted by atomic mass is 9.83. The monoisotopic (exact) mass is 357 g/mol. The Morgan fingerprint density at radius 3 is 2.58 bits per heavy atom. The third-order valence-electron chi connectivity index (χ3n) is 6.08. The summed E-state index contributed by atoms with van der Waals surface area (Å²) in [5, 5.41) is 3.22. The van der Waals surface area contributed by atoms with Gasteiger partial charge >= 0.3 is 0 Å². The van der Waals surface area contributed by atoms with Crippen LogP contribution in [0.1, 0.15) is 51.5 Å². The molecule has 2 atom stereocenters. The summed E-state index contributed by atoms with van der Waals surface area (Å²) in [7, 11) is 0. The minimum Gasteiger partial charge on any atom is -0.352 e. The Morgan fingerprint density at radius 2 is 1.92 bits per heavy atom. The summed E-state index contributed by atoms with van der Waals surface area (Å²) in [4.78, 5) is 26.4. The molecule has 2 bridgehead atoms. The van der Waals surface area contributed by atoms with E-state index in [4.69, 9.17) is 0 Å². The smallest absolute Gasteiger partial charge is 0.227 e. The van der Waals surface area contributed by atoms with Gasteiger partial charge in [-0.1, -0.05) is 6.42 Å². The van der Waals surface area contributed by atoms with Crippen LogP contribution in [0.4, 0.5) is 5.95 Å². The second kappa shape index (κ2) is 7.51. The molecular formula is C20H31N5O.